The normalized spacial score (nSPS) is 32.5. The third kappa shape index (κ3) is 3.90. The van der Waals surface area contributed by atoms with Crippen LogP contribution >= 0.6 is 0 Å². The molecular weight excluding hydrogens is 348 g/mol. The summed E-state index contributed by atoms with van der Waals surface area (Å²) < 4.78 is 5.36. The zero-order valence-electron chi connectivity index (χ0n) is 16.7. The first kappa shape index (κ1) is 19.9. The van der Waals surface area contributed by atoms with Gasteiger partial charge >= 0.3 is 6.09 Å². The first-order valence-electron chi connectivity index (χ1n) is 10.0. The molecule has 3 amide bonds. The lowest BCUT2D eigenvalue weighted by molar-refractivity contribution is -0.128. The summed E-state index contributed by atoms with van der Waals surface area (Å²) >= 11 is 0. The van der Waals surface area contributed by atoms with E-state index >= 15 is 0 Å². The van der Waals surface area contributed by atoms with Gasteiger partial charge in [0.25, 0.3) is 0 Å². The van der Waals surface area contributed by atoms with Crippen molar-refractivity contribution in [3.63, 3.8) is 0 Å². The third-order valence-corrected chi connectivity index (χ3v) is 5.87. The van der Waals surface area contributed by atoms with E-state index in [4.69, 9.17) is 4.74 Å². The van der Waals surface area contributed by atoms with Crippen LogP contribution < -0.4 is 16.0 Å². The lowest BCUT2D eigenvalue weighted by Crippen LogP contribution is -2.53. The van der Waals surface area contributed by atoms with E-state index in [-0.39, 0.29) is 23.4 Å². The lowest BCUT2D eigenvalue weighted by atomic mass is 9.95. The van der Waals surface area contributed by atoms with Gasteiger partial charge in [-0.1, -0.05) is 0 Å². The second-order valence-corrected chi connectivity index (χ2v) is 8.89. The SMILES string of the molecule is CC(C)(C)OC(=O)N1CCCC12CCNC2=O.O=C1NCCC12CCCN2. The van der Waals surface area contributed by atoms with E-state index in [1.807, 2.05) is 20.8 Å². The Labute approximate surface area is 160 Å². The topological polar surface area (TPSA) is 99.8 Å². The Hall–Kier alpha value is -1.83. The summed E-state index contributed by atoms with van der Waals surface area (Å²) in [6.07, 6.45) is 5.10. The molecule has 0 bridgehead atoms. The summed E-state index contributed by atoms with van der Waals surface area (Å²) in [6.45, 7) is 8.63. The number of nitrogens with one attached hydrogen (secondary N) is 3. The van der Waals surface area contributed by atoms with Crippen molar-refractivity contribution in [2.75, 3.05) is 26.2 Å². The highest BCUT2D eigenvalue weighted by molar-refractivity contribution is 5.92. The molecule has 8 heteroatoms. The molecule has 0 radical (unpaired) electrons. The Morgan fingerprint density at radius 3 is 2.19 bits per heavy atom. The average molecular weight is 380 g/mol. The molecule has 4 aliphatic heterocycles. The van der Waals surface area contributed by atoms with Gasteiger partial charge in [-0.05, 0) is 65.8 Å². The molecular formula is C19H32N4O4. The number of nitrogens with zero attached hydrogens (tertiary/aromatic N) is 1. The molecule has 8 nitrogen and oxygen atoms in total. The largest absolute Gasteiger partial charge is 0.444 e. The van der Waals surface area contributed by atoms with Crippen molar-refractivity contribution in [3.8, 4) is 0 Å². The molecule has 3 N–H and O–H groups in total. The summed E-state index contributed by atoms with van der Waals surface area (Å²) in [5.41, 5.74) is -1.31. The fraction of sp³-hybridized carbons (Fsp3) is 0.842. The molecule has 2 spiro atoms. The van der Waals surface area contributed by atoms with Gasteiger partial charge in [-0.25, -0.2) is 4.79 Å². The van der Waals surface area contributed by atoms with Crippen LogP contribution in [0.5, 0.6) is 0 Å². The molecule has 152 valence electrons. The number of rotatable bonds is 0. The Bertz CT molecular complexity index is 600. The van der Waals surface area contributed by atoms with Gasteiger partial charge in [0.1, 0.15) is 11.1 Å². The fourth-order valence-electron chi connectivity index (χ4n) is 4.50. The summed E-state index contributed by atoms with van der Waals surface area (Å²) in [5, 5.41) is 8.93. The monoisotopic (exact) mass is 380 g/mol. The van der Waals surface area contributed by atoms with Crippen molar-refractivity contribution in [2.24, 2.45) is 0 Å². The van der Waals surface area contributed by atoms with Gasteiger partial charge in [-0.15, -0.1) is 0 Å². The predicted molar refractivity (Wildman–Crippen MR) is 100 cm³/mol. The lowest BCUT2D eigenvalue weighted by Gasteiger charge is -2.33. The second kappa shape index (κ2) is 7.30. The van der Waals surface area contributed by atoms with Crippen LogP contribution in [0.3, 0.4) is 0 Å². The molecule has 0 saturated carbocycles. The number of hydrogen-bond acceptors (Lipinski definition) is 5. The average Bonchev–Trinajstić information content (AvgIpc) is 3.34. The highest BCUT2D eigenvalue weighted by atomic mass is 16.6. The Kier molecular flexibility index (Phi) is 5.38. The first-order chi connectivity index (χ1) is 12.7. The maximum Gasteiger partial charge on any atom is 0.411 e. The van der Waals surface area contributed by atoms with Crippen molar-refractivity contribution in [3.05, 3.63) is 0 Å². The van der Waals surface area contributed by atoms with Crippen molar-refractivity contribution in [1.29, 1.82) is 0 Å². The molecule has 4 rings (SSSR count). The van der Waals surface area contributed by atoms with E-state index in [1.54, 1.807) is 4.90 Å². The van der Waals surface area contributed by atoms with Gasteiger partial charge in [0.15, 0.2) is 0 Å². The van der Waals surface area contributed by atoms with Crippen LogP contribution in [-0.4, -0.2) is 65.7 Å². The van der Waals surface area contributed by atoms with Gasteiger partial charge in [-0.3, -0.25) is 14.5 Å². The summed E-state index contributed by atoms with van der Waals surface area (Å²) in [6, 6.07) is 0. The van der Waals surface area contributed by atoms with E-state index in [0.717, 1.165) is 45.2 Å². The van der Waals surface area contributed by atoms with Crippen LogP contribution in [0.2, 0.25) is 0 Å². The predicted octanol–water partition coefficient (Wildman–Crippen LogP) is 0.905. The maximum atomic E-state index is 12.1. The van der Waals surface area contributed by atoms with Gasteiger partial charge in [-0.2, -0.15) is 0 Å². The Morgan fingerprint density at radius 2 is 1.67 bits per heavy atom. The number of amides is 3. The summed E-state index contributed by atoms with van der Waals surface area (Å²) in [5.74, 6) is 0.186. The van der Waals surface area contributed by atoms with Crippen LogP contribution in [0.4, 0.5) is 4.79 Å². The number of carbonyl (C=O) groups is 3. The Morgan fingerprint density at radius 1 is 0.963 bits per heavy atom. The number of likely N-dealkylation sites (tertiary alicyclic amines) is 1. The van der Waals surface area contributed by atoms with Crippen molar-refractivity contribution in [2.45, 2.75) is 76.0 Å². The number of ether oxygens (including phenoxy) is 1. The van der Waals surface area contributed by atoms with Gasteiger partial charge in [0.05, 0.1) is 5.54 Å². The molecule has 0 aromatic heterocycles. The molecule has 2 unspecified atom stereocenters. The zero-order valence-corrected chi connectivity index (χ0v) is 16.7. The Balaban J connectivity index is 0.000000177. The van der Waals surface area contributed by atoms with Crippen LogP contribution in [0.1, 0.15) is 59.3 Å². The minimum atomic E-state index is -0.637. The molecule has 2 atom stereocenters. The maximum absolute atomic E-state index is 12.1. The fourth-order valence-corrected chi connectivity index (χ4v) is 4.50. The molecule has 27 heavy (non-hydrogen) atoms. The summed E-state index contributed by atoms with van der Waals surface area (Å²) in [4.78, 5) is 36.8. The molecule has 0 aromatic rings. The van der Waals surface area contributed by atoms with E-state index in [2.05, 4.69) is 16.0 Å². The third-order valence-electron chi connectivity index (χ3n) is 5.87. The first-order valence-corrected chi connectivity index (χ1v) is 10.0. The van der Waals surface area contributed by atoms with E-state index in [9.17, 15) is 14.4 Å². The molecule has 4 heterocycles. The zero-order chi connectivity index (χ0) is 19.7. The quantitative estimate of drug-likeness (QED) is 0.580. The van der Waals surface area contributed by atoms with Crippen LogP contribution in [0.15, 0.2) is 0 Å². The standard InChI is InChI=1S/C12H20N2O3.C7H12N2O/c1-11(2,3)17-10(16)14-8-4-5-12(14)6-7-13-9(12)15;10-6-7(3-5-8-6)2-1-4-9-7/h4-8H2,1-3H3,(H,13,15);9H,1-5H2,(H,8,10). The second-order valence-electron chi connectivity index (χ2n) is 8.89. The van der Waals surface area contributed by atoms with Crippen LogP contribution in [0, 0.1) is 0 Å². The minimum absolute atomic E-state index is 0.0270. The number of hydrogen-bond donors (Lipinski definition) is 3. The van der Waals surface area contributed by atoms with E-state index < -0.39 is 11.1 Å². The molecule has 0 aromatic carbocycles. The smallest absolute Gasteiger partial charge is 0.411 e. The molecule has 4 aliphatic rings. The van der Waals surface area contributed by atoms with Gasteiger partial charge in [0.2, 0.25) is 11.8 Å². The van der Waals surface area contributed by atoms with Crippen molar-refractivity contribution < 1.29 is 19.1 Å². The van der Waals surface area contributed by atoms with Crippen LogP contribution in [0.25, 0.3) is 0 Å². The van der Waals surface area contributed by atoms with Gasteiger partial charge in [0, 0.05) is 19.6 Å². The minimum Gasteiger partial charge on any atom is -0.444 e. The highest BCUT2D eigenvalue weighted by Gasteiger charge is 2.53. The van der Waals surface area contributed by atoms with E-state index in [0.29, 0.717) is 19.5 Å². The molecule has 0 aliphatic carbocycles. The van der Waals surface area contributed by atoms with E-state index in [1.165, 1.54) is 0 Å². The highest BCUT2D eigenvalue weighted by Crippen LogP contribution is 2.36. The summed E-state index contributed by atoms with van der Waals surface area (Å²) in [7, 11) is 0. The molecule has 4 fully saturated rings. The number of carbonyl (C=O) groups excluding carboxylic acids is 3. The van der Waals surface area contributed by atoms with Gasteiger partial charge < -0.3 is 20.7 Å². The van der Waals surface area contributed by atoms with Crippen molar-refractivity contribution >= 4 is 17.9 Å². The molecule has 4 saturated heterocycles. The van der Waals surface area contributed by atoms with Crippen LogP contribution in [-0.2, 0) is 14.3 Å². The van der Waals surface area contributed by atoms with Crippen molar-refractivity contribution in [1.82, 2.24) is 20.9 Å².